The number of hydrogen-bond acceptors (Lipinski definition) is 4. The second kappa shape index (κ2) is 6.77. The highest BCUT2D eigenvalue weighted by Gasteiger charge is 2.25. The van der Waals surface area contributed by atoms with E-state index in [1.165, 1.54) is 10.6 Å². The maximum absolute atomic E-state index is 11.9. The molecule has 1 saturated heterocycles. The number of carbonyl (C=O) groups excluding carboxylic acids is 1. The number of benzene rings is 1. The zero-order valence-electron chi connectivity index (χ0n) is 11.9. The molecule has 0 atom stereocenters. The number of nitrogens with zero attached hydrogens (tertiary/aromatic N) is 2. The van der Waals surface area contributed by atoms with Gasteiger partial charge in [0.25, 0.3) is 0 Å². The Morgan fingerprint density at radius 3 is 2.38 bits per heavy atom. The predicted molar refractivity (Wildman–Crippen MR) is 78.5 cm³/mol. The van der Waals surface area contributed by atoms with Gasteiger partial charge in [0.05, 0.1) is 6.26 Å². The third kappa shape index (κ3) is 4.61. The summed E-state index contributed by atoms with van der Waals surface area (Å²) in [4.78, 5) is 13.5. The van der Waals surface area contributed by atoms with Gasteiger partial charge in [0.2, 0.25) is 10.0 Å². The number of para-hydroxylation sites is 1. The summed E-state index contributed by atoms with van der Waals surface area (Å²) < 4.78 is 29.5. The van der Waals surface area contributed by atoms with Gasteiger partial charge in [0, 0.05) is 26.2 Å². The largest absolute Gasteiger partial charge is 0.473 e. The Morgan fingerprint density at radius 2 is 1.81 bits per heavy atom. The van der Waals surface area contributed by atoms with Crippen LogP contribution in [0.25, 0.3) is 0 Å². The van der Waals surface area contributed by atoms with E-state index in [1.807, 2.05) is 18.2 Å². The molecule has 1 aliphatic heterocycles. The highest BCUT2D eigenvalue weighted by molar-refractivity contribution is 7.88. The fourth-order valence-corrected chi connectivity index (χ4v) is 2.86. The first kappa shape index (κ1) is 15.6. The van der Waals surface area contributed by atoms with Crippen molar-refractivity contribution in [1.82, 2.24) is 14.5 Å². The van der Waals surface area contributed by atoms with Gasteiger partial charge in [-0.15, -0.1) is 0 Å². The van der Waals surface area contributed by atoms with E-state index >= 15 is 0 Å². The van der Waals surface area contributed by atoms with Gasteiger partial charge in [-0.1, -0.05) is 18.2 Å². The number of urea groups is 1. The Hall–Kier alpha value is -1.80. The molecule has 116 valence electrons. The summed E-state index contributed by atoms with van der Waals surface area (Å²) >= 11 is 0. The number of amides is 2. The smallest absolute Gasteiger partial charge is 0.320 e. The molecule has 8 heteroatoms. The normalized spacial score (nSPS) is 16.5. The van der Waals surface area contributed by atoms with Crippen molar-refractivity contribution < 1.29 is 17.9 Å². The van der Waals surface area contributed by atoms with Gasteiger partial charge >= 0.3 is 6.03 Å². The molecule has 0 aliphatic carbocycles. The number of rotatable bonds is 4. The van der Waals surface area contributed by atoms with Crippen molar-refractivity contribution in [3.63, 3.8) is 0 Å². The molecule has 2 amide bonds. The summed E-state index contributed by atoms with van der Waals surface area (Å²) in [6, 6.07) is 8.93. The summed E-state index contributed by atoms with van der Waals surface area (Å²) in [6.45, 7) is 1.49. The first-order chi connectivity index (χ1) is 9.97. The molecule has 1 aliphatic rings. The summed E-state index contributed by atoms with van der Waals surface area (Å²) in [5.74, 6) is 0.680. The lowest BCUT2D eigenvalue weighted by Gasteiger charge is -2.33. The van der Waals surface area contributed by atoms with E-state index in [4.69, 9.17) is 4.74 Å². The Labute approximate surface area is 124 Å². The topological polar surface area (TPSA) is 79.0 Å². The lowest BCUT2D eigenvalue weighted by molar-refractivity contribution is 0.162. The third-order valence-corrected chi connectivity index (χ3v) is 4.50. The molecule has 7 nitrogen and oxygen atoms in total. The molecule has 0 saturated carbocycles. The van der Waals surface area contributed by atoms with Gasteiger partial charge in [-0.05, 0) is 12.1 Å². The Balaban J connectivity index is 1.73. The summed E-state index contributed by atoms with van der Waals surface area (Å²) in [6.07, 6.45) is 1.18. The fraction of sp³-hybridized carbons (Fsp3) is 0.462. The molecule has 2 rings (SSSR count). The zero-order chi connectivity index (χ0) is 15.3. The fourth-order valence-electron chi connectivity index (χ4n) is 2.03. The van der Waals surface area contributed by atoms with E-state index in [2.05, 4.69) is 5.32 Å². The maximum atomic E-state index is 11.9. The monoisotopic (exact) mass is 313 g/mol. The number of hydrogen-bond donors (Lipinski definition) is 1. The van der Waals surface area contributed by atoms with Crippen molar-refractivity contribution in [2.75, 3.05) is 39.2 Å². The number of carbonyl (C=O) groups is 1. The standard InChI is InChI=1S/C13H19N3O4S/c1-21(18,19)16-9-7-15(8-10-16)13(17)14-11-20-12-5-3-2-4-6-12/h2-6H,7-11H2,1H3,(H,14,17). The molecule has 1 fully saturated rings. The third-order valence-electron chi connectivity index (χ3n) is 3.20. The van der Waals surface area contributed by atoms with E-state index in [0.717, 1.165) is 0 Å². The highest BCUT2D eigenvalue weighted by atomic mass is 32.2. The molecular formula is C13H19N3O4S. The number of piperazine rings is 1. The van der Waals surface area contributed by atoms with Crippen molar-refractivity contribution in [3.05, 3.63) is 30.3 Å². The zero-order valence-corrected chi connectivity index (χ0v) is 12.7. The molecular weight excluding hydrogens is 294 g/mol. The first-order valence-electron chi connectivity index (χ1n) is 6.62. The summed E-state index contributed by atoms with van der Waals surface area (Å²) in [7, 11) is -3.18. The second-order valence-electron chi connectivity index (χ2n) is 4.73. The highest BCUT2D eigenvalue weighted by Crippen LogP contribution is 2.08. The van der Waals surface area contributed by atoms with Crippen LogP contribution in [0.4, 0.5) is 4.79 Å². The van der Waals surface area contributed by atoms with Crippen molar-refractivity contribution in [2.45, 2.75) is 0 Å². The Morgan fingerprint density at radius 1 is 1.19 bits per heavy atom. The molecule has 0 radical (unpaired) electrons. The molecule has 0 spiro atoms. The predicted octanol–water partition coefficient (Wildman–Crippen LogP) is 0.310. The molecule has 21 heavy (non-hydrogen) atoms. The van der Waals surface area contributed by atoms with Gasteiger partial charge in [0.15, 0.2) is 6.73 Å². The average molecular weight is 313 g/mol. The van der Waals surface area contributed by atoms with E-state index in [0.29, 0.717) is 31.9 Å². The van der Waals surface area contributed by atoms with E-state index < -0.39 is 10.0 Å². The molecule has 0 bridgehead atoms. The summed E-state index contributed by atoms with van der Waals surface area (Å²) in [5, 5.41) is 2.65. The minimum absolute atomic E-state index is 0.0785. The van der Waals surface area contributed by atoms with Crippen LogP contribution in [-0.4, -0.2) is 62.8 Å². The lowest BCUT2D eigenvalue weighted by atomic mass is 10.3. The number of ether oxygens (including phenoxy) is 1. The van der Waals surface area contributed by atoms with E-state index in [9.17, 15) is 13.2 Å². The molecule has 1 N–H and O–H groups in total. The van der Waals surface area contributed by atoms with Crippen LogP contribution in [0.3, 0.4) is 0 Å². The number of nitrogens with one attached hydrogen (secondary N) is 1. The van der Waals surface area contributed by atoms with Crippen LogP contribution in [0, 0.1) is 0 Å². The van der Waals surface area contributed by atoms with Gasteiger partial charge < -0.3 is 15.0 Å². The van der Waals surface area contributed by atoms with Gasteiger partial charge in [0.1, 0.15) is 5.75 Å². The van der Waals surface area contributed by atoms with Gasteiger partial charge in [-0.2, -0.15) is 4.31 Å². The quantitative estimate of drug-likeness (QED) is 0.812. The molecule has 0 unspecified atom stereocenters. The van der Waals surface area contributed by atoms with Crippen LogP contribution in [-0.2, 0) is 10.0 Å². The minimum atomic E-state index is -3.18. The Kier molecular flexibility index (Phi) is 5.03. The SMILES string of the molecule is CS(=O)(=O)N1CCN(C(=O)NCOc2ccccc2)CC1. The van der Waals surface area contributed by atoms with Crippen LogP contribution >= 0.6 is 0 Å². The van der Waals surface area contributed by atoms with Crippen molar-refractivity contribution in [3.8, 4) is 5.75 Å². The van der Waals surface area contributed by atoms with Gasteiger partial charge in [-0.25, -0.2) is 13.2 Å². The van der Waals surface area contributed by atoms with Crippen LogP contribution in [0.15, 0.2) is 30.3 Å². The molecule has 1 heterocycles. The average Bonchev–Trinajstić information content (AvgIpc) is 2.47. The first-order valence-corrected chi connectivity index (χ1v) is 8.47. The molecule has 1 aromatic carbocycles. The van der Waals surface area contributed by atoms with Crippen molar-refractivity contribution in [2.24, 2.45) is 0 Å². The van der Waals surface area contributed by atoms with Crippen molar-refractivity contribution >= 4 is 16.1 Å². The molecule has 0 aromatic heterocycles. The van der Waals surface area contributed by atoms with Crippen LogP contribution in [0.2, 0.25) is 0 Å². The Bertz CT molecular complexity index is 568. The second-order valence-corrected chi connectivity index (χ2v) is 6.72. The minimum Gasteiger partial charge on any atom is -0.473 e. The van der Waals surface area contributed by atoms with Gasteiger partial charge in [-0.3, -0.25) is 0 Å². The van der Waals surface area contributed by atoms with E-state index in [-0.39, 0.29) is 12.8 Å². The van der Waals surface area contributed by atoms with Crippen LogP contribution in [0.1, 0.15) is 0 Å². The van der Waals surface area contributed by atoms with Crippen LogP contribution in [0.5, 0.6) is 5.75 Å². The summed E-state index contributed by atoms with van der Waals surface area (Å²) in [5.41, 5.74) is 0. The number of sulfonamides is 1. The lowest BCUT2D eigenvalue weighted by Crippen LogP contribution is -2.53. The maximum Gasteiger partial charge on any atom is 0.320 e. The van der Waals surface area contributed by atoms with Crippen LogP contribution < -0.4 is 10.1 Å². The van der Waals surface area contributed by atoms with Crippen molar-refractivity contribution in [1.29, 1.82) is 0 Å². The molecule has 1 aromatic rings. The van der Waals surface area contributed by atoms with E-state index in [1.54, 1.807) is 17.0 Å².